The molecule has 0 bridgehead atoms. The fourth-order valence-electron chi connectivity index (χ4n) is 0.390. The standard InChI is InChI=1S/C6H12N2/c1-5(2)8-6(3)4-7/h4H,7H2,1-3H3/b6-4-. The van der Waals surface area contributed by atoms with Gasteiger partial charge in [-0.25, -0.2) is 0 Å². The second-order valence-corrected chi connectivity index (χ2v) is 1.87. The Bertz CT molecular complexity index is 118. The van der Waals surface area contributed by atoms with E-state index in [0.717, 1.165) is 11.4 Å². The molecule has 0 aliphatic carbocycles. The Hall–Kier alpha value is -0.790. The lowest BCUT2D eigenvalue weighted by Gasteiger charge is -1.88. The van der Waals surface area contributed by atoms with Gasteiger partial charge in [0.05, 0.1) is 5.70 Å². The second-order valence-electron chi connectivity index (χ2n) is 1.87. The molecule has 0 aromatic rings. The highest BCUT2D eigenvalue weighted by atomic mass is 14.8. The highest BCUT2D eigenvalue weighted by molar-refractivity contribution is 5.80. The summed E-state index contributed by atoms with van der Waals surface area (Å²) in [6.45, 7) is 5.74. The molecule has 2 nitrogen and oxygen atoms in total. The maximum Gasteiger partial charge on any atom is 0.0526 e. The van der Waals surface area contributed by atoms with Crippen LogP contribution in [0.3, 0.4) is 0 Å². The minimum atomic E-state index is 0.866. The first-order valence-electron chi connectivity index (χ1n) is 2.57. The number of rotatable bonds is 1. The van der Waals surface area contributed by atoms with Crippen LogP contribution in [-0.4, -0.2) is 5.71 Å². The van der Waals surface area contributed by atoms with Gasteiger partial charge in [0.2, 0.25) is 0 Å². The Morgan fingerprint density at radius 3 is 2.00 bits per heavy atom. The van der Waals surface area contributed by atoms with Crippen LogP contribution in [0, 0.1) is 0 Å². The number of aliphatic imine (C=N–C) groups is 1. The average molecular weight is 112 g/mol. The average Bonchev–Trinajstić information content (AvgIpc) is 1.65. The lowest BCUT2D eigenvalue weighted by Crippen LogP contribution is -1.85. The van der Waals surface area contributed by atoms with Gasteiger partial charge in [0.25, 0.3) is 0 Å². The van der Waals surface area contributed by atoms with Gasteiger partial charge < -0.3 is 5.73 Å². The lowest BCUT2D eigenvalue weighted by molar-refractivity contribution is 1.26. The van der Waals surface area contributed by atoms with Crippen LogP contribution in [0.1, 0.15) is 20.8 Å². The maximum atomic E-state index is 5.15. The molecule has 0 heterocycles. The van der Waals surface area contributed by atoms with Gasteiger partial charge in [0, 0.05) is 11.9 Å². The van der Waals surface area contributed by atoms with E-state index in [1.54, 1.807) is 0 Å². The van der Waals surface area contributed by atoms with Crippen molar-refractivity contribution in [1.29, 1.82) is 0 Å². The zero-order valence-electron chi connectivity index (χ0n) is 5.60. The molecule has 0 saturated carbocycles. The van der Waals surface area contributed by atoms with Gasteiger partial charge in [0.15, 0.2) is 0 Å². The summed E-state index contributed by atoms with van der Waals surface area (Å²) in [7, 11) is 0. The van der Waals surface area contributed by atoms with Crippen molar-refractivity contribution in [2.24, 2.45) is 10.7 Å². The van der Waals surface area contributed by atoms with Crippen LogP contribution < -0.4 is 5.73 Å². The van der Waals surface area contributed by atoms with Crippen LogP contribution in [0.25, 0.3) is 0 Å². The number of nitrogens with two attached hydrogens (primary N) is 1. The van der Waals surface area contributed by atoms with Crippen LogP contribution in [-0.2, 0) is 0 Å². The van der Waals surface area contributed by atoms with Gasteiger partial charge in [-0.3, -0.25) is 4.99 Å². The Morgan fingerprint density at radius 2 is 1.88 bits per heavy atom. The number of allylic oxidation sites excluding steroid dienone is 1. The molecular formula is C6H12N2. The predicted molar refractivity (Wildman–Crippen MR) is 36.7 cm³/mol. The van der Waals surface area contributed by atoms with Crippen LogP contribution in [0.15, 0.2) is 16.9 Å². The summed E-state index contributed by atoms with van der Waals surface area (Å²) >= 11 is 0. The van der Waals surface area contributed by atoms with Gasteiger partial charge in [0.1, 0.15) is 0 Å². The maximum absolute atomic E-state index is 5.15. The molecule has 46 valence electrons. The van der Waals surface area contributed by atoms with E-state index >= 15 is 0 Å². The summed E-state index contributed by atoms with van der Waals surface area (Å²) in [5.74, 6) is 0. The normalized spacial score (nSPS) is 11.1. The van der Waals surface area contributed by atoms with Crippen molar-refractivity contribution in [3.05, 3.63) is 11.9 Å². The first kappa shape index (κ1) is 7.21. The Labute approximate surface area is 50.1 Å². The van der Waals surface area contributed by atoms with E-state index in [0.29, 0.717) is 0 Å². The summed E-state index contributed by atoms with van der Waals surface area (Å²) in [5, 5.41) is 0. The molecule has 0 radical (unpaired) electrons. The first-order chi connectivity index (χ1) is 3.66. The van der Waals surface area contributed by atoms with E-state index < -0.39 is 0 Å². The summed E-state index contributed by atoms with van der Waals surface area (Å²) in [6, 6.07) is 0. The van der Waals surface area contributed by atoms with Crippen molar-refractivity contribution in [3.8, 4) is 0 Å². The zero-order chi connectivity index (χ0) is 6.57. The van der Waals surface area contributed by atoms with Gasteiger partial charge in [-0.15, -0.1) is 0 Å². The molecule has 0 aromatic carbocycles. The van der Waals surface area contributed by atoms with Gasteiger partial charge in [-0.05, 0) is 20.8 Å². The number of nitrogens with zero attached hydrogens (tertiary/aromatic N) is 1. The summed E-state index contributed by atoms with van der Waals surface area (Å²) in [6.07, 6.45) is 1.49. The monoisotopic (exact) mass is 112 g/mol. The smallest absolute Gasteiger partial charge is 0.0526 e. The van der Waals surface area contributed by atoms with E-state index in [1.807, 2.05) is 20.8 Å². The molecular weight excluding hydrogens is 100 g/mol. The molecule has 0 aromatic heterocycles. The minimum Gasteiger partial charge on any atom is -0.403 e. The first-order valence-corrected chi connectivity index (χ1v) is 2.57. The Balaban J connectivity index is 3.89. The van der Waals surface area contributed by atoms with Gasteiger partial charge >= 0.3 is 0 Å². The van der Waals surface area contributed by atoms with E-state index in [4.69, 9.17) is 5.73 Å². The van der Waals surface area contributed by atoms with Crippen molar-refractivity contribution >= 4 is 5.71 Å². The highest BCUT2D eigenvalue weighted by Crippen LogP contribution is 1.90. The Kier molecular flexibility index (Phi) is 2.92. The van der Waals surface area contributed by atoms with E-state index in [1.165, 1.54) is 6.20 Å². The number of hydrogen-bond donors (Lipinski definition) is 1. The van der Waals surface area contributed by atoms with Crippen LogP contribution in [0.5, 0.6) is 0 Å². The van der Waals surface area contributed by atoms with Crippen LogP contribution in [0.2, 0.25) is 0 Å². The van der Waals surface area contributed by atoms with Crippen molar-refractivity contribution in [3.63, 3.8) is 0 Å². The molecule has 2 heteroatoms. The quantitative estimate of drug-likeness (QED) is 0.510. The summed E-state index contributed by atoms with van der Waals surface area (Å²) < 4.78 is 0. The lowest BCUT2D eigenvalue weighted by atomic mass is 10.4. The zero-order valence-corrected chi connectivity index (χ0v) is 5.60. The van der Waals surface area contributed by atoms with Gasteiger partial charge in [-0.1, -0.05) is 0 Å². The molecule has 0 aliphatic heterocycles. The summed E-state index contributed by atoms with van der Waals surface area (Å²) in [4.78, 5) is 4.05. The van der Waals surface area contributed by atoms with E-state index in [-0.39, 0.29) is 0 Å². The molecule has 2 N–H and O–H groups in total. The highest BCUT2D eigenvalue weighted by Gasteiger charge is 1.78. The minimum absolute atomic E-state index is 0.866. The SMILES string of the molecule is CC(C)=N/C(C)=C\N. The van der Waals surface area contributed by atoms with Crippen molar-refractivity contribution in [2.45, 2.75) is 20.8 Å². The van der Waals surface area contributed by atoms with Gasteiger partial charge in [-0.2, -0.15) is 0 Å². The van der Waals surface area contributed by atoms with Crippen LogP contribution in [0.4, 0.5) is 0 Å². The topological polar surface area (TPSA) is 38.4 Å². The third-order valence-corrected chi connectivity index (χ3v) is 0.641. The molecule has 0 saturated heterocycles. The van der Waals surface area contributed by atoms with Crippen LogP contribution >= 0.6 is 0 Å². The molecule has 8 heavy (non-hydrogen) atoms. The fraction of sp³-hybridized carbons (Fsp3) is 0.500. The van der Waals surface area contributed by atoms with E-state index in [9.17, 15) is 0 Å². The summed E-state index contributed by atoms with van der Waals surface area (Å²) in [5.41, 5.74) is 7.05. The Morgan fingerprint density at radius 1 is 1.38 bits per heavy atom. The molecule has 0 unspecified atom stereocenters. The molecule has 0 spiro atoms. The molecule has 0 aliphatic rings. The fourth-order valence-corrected chi connectivity index (χ4v) is 0.390. The van der Waals surface area contributed by atoms with E-state index in [2.05, 4.69) is 4.99 Å². The van der Waals surface area contributed by atoms with Crippen molar-refractivity contribution < 1.29 is 0 Å². The van der Waals surface area contributed by atoms with Crippen molar-refractivity contribution in [1.82, 2.24) is 0 Å². The second kappa shape index (κ2) is 3.24. The third kappa shape index (κ3) is 3.40. The molecule has 0 fully saturated rings. The molecule has 0 atom stereocenters. The number of hydrogen-bond acceptors (Lipinski definition) is 2. The van der Waals surface area contributed by atoms with Crippen molar-refractivity contribution in [2.75, 3.05) is 0 Å². The predicted octanol–water partition coefficient (Wildman–Crippen LogP) is 1.29. The third-order valence-electron chi connectivity index (χ3n) is 0.641. The molecule has 0 amide bonds. The molecule has 0 rings (SSSR count). The largest absolute Gasteiger partial charge is 0.403 e.